The summed E-state index contributed by atoms with van der Waals surface area (Å²) in [5, 5.41) is 6.12. The molecule has 172 valence electrons. The maximum atomic E-state index is 14.8. The lowest BCUT2D eigenvalue weighted by molar-refractivity contribution is 0.0936. The van der Waals surface area contributed by atoms with Crippen LogP contribution in [-0.2, 0) is 0 Å². The molecule has 2 aromatic heterocycles. The third-order valence-electron chi connectivity index (χ3n) is 6.39. The molecule has 3 aromatic rings. The van der Waals surface area contributed by atoms with Gasteiger partial charge in [0.1, 0.15) is 0 Å². The lowest BCUT2D eigenvalue weighted by atomic mass is 9.93. The second-order valence-corrected chi connectivity index (χ2v) is 8.36. The minimum Gasteiger partial charge on any atom is -0.492 e. The molecule has 1 unspecified atom stereocenters. The van der Waals surface area contributed by atoms with E-state index in [0.29, 0.717) is 29.2 Å². The molecule has 1 atom stereocenters. The Kier molecular flexibility index (Phi) is 5.72. The third kappa shape index (κ3) is 3.93. The number of likely N-dealkylation sites (tertiary alicyclic amines) is 1. The number of rotatable bonds is 7. The lowest BCUT2D eigenvalue weighted by Crippen LogP contribution is -2.40. The van der Waals surface area contributed by atoms with Gasteiger partial charge in [-0.05, 0) is 50.7 Å². The number of nitrogens with zero attached hydrogens (tertiary/aromatic N) is 2. The maximum Gasteiger partial charge on any atom is 0.255 e. The number of pyridine rings is 1. The highest BCUT2D eigenvalue weighted by Crippen LogP contribution is 2.42. The summed E-state index contributed by atoms with van der Waals surface area (Å²) in [6, 6.07) is 6.03. The van der Waals surface area contributed by atoms with Crippen LogP contribution in [0.3, 0.4) is 0 Å². The SMILES string of the molecule is COc1c(F)cccc1Nc1c(-c2ccncc2F)[nH]c2c1C(=O)NCC2CCN1CCC1. The van der Waals surface area contributed by atoms with Gasteiger partial charge in [-0.3, -0.25) is 9.78 Å². The Balaban J connectivity index is 1.62. The van der Waals surface area contributed by atoms with Gasteiger partial charge in [-0.1, -0.05) is 6.07 Å². The van der Waals surface area contributed by atoms with Crippen LogP contribution < -0.4 is 15.4 Å². The zero-order chi connectivity index (χ0) is 22.9. The molecule has 9 heteroatoms. The average molecular weight is 453 g/mol. The van der Waals surface area contributed by atoms with Gasteiger partial charge in [-0.25, -0.2) is 8.78 Å². The molecule has 0 aliphatic carbocycles. The van der Waals surface area contributed by atoms with Crippen LogP contribution in [-0.4, -0.2) is 54.1 Å². The van der Waals surface area contributed by atoms with Crippen molar-refractivity contribution in [3.8, 4) is 17.0 Å². The number of aromatic nitrogens is 2. The topological polar surface area (TPSA) is 82.3 Å². The first-order valence-corrected chi connectivity index (χ1v) is 11.0. The van der Waals surface area contributed by atoms with Gasteiger partial charge in [0, 0.05) is 29.9 Å². The molecule has 1 amide bonds. The molecule has 0 radical (unpaired) electrons. The number of H-pyrrole nitrogens is 1. The normalized spacial score (nSPS) is 17.8. The average Bonchev–Trinajstić information content (AvgIpc) is 3.15. The predicted octanol–water partition coefficient (Wildman–Crippen LogP) is 4.03. The number of aromatic amines is 1. The minimum atomic E-state index is -0.541. The quantitative estimate of drug-likeness (QED) is 0.503. The van der Waals surface area contributed by atoms with E-state index in [1.807, 2.05) is 0 Å². The van der Waals surface area contributed by atoms with Gasteiger partial charge in [-0.2, -0.15) is 0 Å². The van der Waals surface area contributed by atoms with E-state index in [1.165, 1.54) is 25.8 Å². The Morgan fingerprint density at radius 1 is 1.24 bits per heavy atom. The smallest absolute Gasteiger partial charge is 0.255 e. The summed E-state index contributed by atoms with van der Waals surface area (Å²) in [4.78, 5) is 22.5. The number of carbonyl (C=O) groups is 1. The molecule has 0 bridgehead atoms. The molecule has 1 aromatic carbocycles. The van der Waals surface area contributed by atoms with Crippen LogP contribution in [0.2, 0.25) is 0 Å². The number of benzene rings is 1. The van der Waals surface area contributed by atoms with Crippen molar-refractivity contribution in [3.05, 3.63) is 59.6 Å². The lowest BCUT2D eigenvalue weighted by Gasteiger charge is -2.33. The van der Waals surface area contributed by atoms with E-state index < -0.39 is 11.6 Å². The molecule has 1 fully saturated rings. The van der Waals surface area contributed by atoms with Crippen LogP contribution in [0, 0.1) is 11.6 Å². The summed E-state index contributed by atoms with van der Waals surface area (Å²) in [6.45, 7) is 3.62. The van der Waals surface area contributed by atoms with Crippen molar-refractivity contribution in [2.24, 2.45) is 0 Å². The number of hydrogen-bond donors (Lipinski definition) is 3. The Morgan fingerprint density at radius 2 is 2.09 bits per heavy atom. The summed E-state index contributed by atoms with van der Waals surface area (Å²) in [5.41, 5.74) is 2.56. The summed E-state index contributed by atoms with van der Waals surface area (Å²) >= 11 is 0. The molecule has 4 heterocycles. The second kappa shape index (κ2) is 8.82. The van der Waals surface area contributed by atoms with Crippen molar-refractivity contribution in [3.63, 3.8) is 0 Å². The van der Waals surface area contributed by atoms with E-state index in [1.54, 1.807) is 18.2 Å². The number of fused-ring (bicyclic) bond motifs is 1. The highest BCUT2D eigenvalue weighted by Gasteiger charge is 2.34. The Morgan fingerprint density at radius 3 is 2.82 bits per heavy atom. The molecule has 0 saturated carbocycles. The van der Waals surface area contributed by atoms with Crippen LogP contribution in [0.4, 0.5) is 20.2 Å². The standard InChI is InChI=1S/C24H25F2N5O2/c1-33-23-16(25)4-2-5-18(23)29-22-19-20(30-21(22)15-6-8-27-13-17(15)26)14(12-28-24(19)32)7-11-31-9-3-10-31/h2,4-6,8,13-14,29-30H,3,7,9-12H2,1H3,(H,28,32). The Bertz CT molecular complexity index is 1190. The van der Waals surface area contributed by atoms with Crippen molar-refractivity contribution in [2.75, 3.05) is 38.6 Å². The summed E-state index contributed by atoms with van der Waals surface area (Å²) in [5.74, 6) is -1.27. The number of para-hydroxylation sites is 1. The van der Waals surface area contributed by atoms with Gasteiger partial charge in [0.05, 0.1) is 35.9 Å². The summed E-state index contributed by atoms with van der Waals surface area (Å²) < 4.78 is 34.3. The predicted molar refractivity (Wildman–Crippen MR) is 121 cm³/mol. The Labute approximate surface area is 190 Å². The molecular weight excluding hydrogens is 428 g/mol. The fourth-order valence-corrected chi connectivity index (χ4v) is 4.51. The molecule has 3 N–H and O–H groups in total. The van der Waals surface area contributed by atoms with E-state index >= 15 is 0 Å². The molecule has 5 rings (SSSR count). The molecular formula is C24H25F2N5O2. The summed E-state index contributed by atoms with van der Waals surface area (Å²) in [7, 11) is 1.37. The highest BCUT2D eigenvalue weighted by molar-refractivity contribution is 6.06. The Hall–Kier alpha value is -3.46. The van der Waals surface area contributed by atoms with Crippen molar-refractivity contribution in [2.45, 2.75) is 18.8 Å². The number of hydrogen-bond acceptors (Lipinski definition) is 5. The number of methoxy groups -OCH3 is 1. The van der Waals surface area contributed by atoms with Crippen LogP contribution in [0.15, 0.2) is 36.7 Å². The van der Waals surface area contributed by atoms with Gasteiger partial charge in [-0.15, -0.1) is 0 Å². The van der Waals surface area contributed by atoms with Crippen LogP contribution >= 0.6 is 0 Å². The highest BCUT2D eigenvalue weighted by atomic mass is 19.1. The van der Waals surface area contributed by atoms with E-state index in [9.17, 15) is 13.6 Å². The van der Waals surface area contributed by atoms with Gasteiger partial charge >= 0.3 is 0 Å². The van der Waals surface area contributed by atoms with Crippen LogP contribution in [0.5, 0.6) is 5.75 Å². The van der Waals surface area contributed by atoms with Crippen LogP contribution in [0.1, 0.15) is 34.8 Å². The minimum absolute atomic E-state index is 0.0131. The fourth-order valence-electron chi connectivity index (χ4n) is 4.51. The first kappa shape index (κ1) is 21.4. The van der Waals surface area contributed by atoms with Gasteiger partial charge in [0.15, 0.2) is 17.4 Å². The number of amides is 1. The first-order valence-electron chi connectivity index (χ1n) is 11.0. The molecule has 2 aliphatic rings. The molecule has 2 aliphatic heterocycles. The maximum absolute atomic E-state index is 14.8. The second-order valence-electron chi connectivity index (χ2n) is 8.36. The van der Waals surface area contributed by atoms with Gasteiger partial charge in [0.25, 0.3) is 5.91 Å². The van der Waals surface area contributed by atoms with Crippen LogP contribution in [0.25, 0.3) is 11.3 Å². The van der Waals surface area contributed by atoms with E-state index in [0.717, 1.165) is 37.9 Å². The fraction of sp³-hybridized carbons (Fsp3) is 0.333. The molecule has 1 saturated heterocycles. The molecule has 0 spiro atoms. The number of carbonyl (C=O) groups excluding carboxylic acids is 1. The van der Waals surface area contributed by atoms with Crippen molar-refractivity contribution in [1.82, 2.24) is 20.2 Å². The third-order valence-corrected chi connectivity index (χ3v) is 6.39. The van der Waals surface area contributed by atoms with Crippen molar-refractivity contribution >= 4 is 17.3 Å². The first-order chi connectivity index (χ1) is 16.1. The van der Waals surface area contributed by atoms with Gasteiger partial charge in [0.2, 0.25) is 0 Å². The van der Waals surface area contributed by atoms with E-state index in [-0.39, 0.29) is 23.1 Å². The van der Waals surface area contributed by atoms with E-state index in [4.69, 9.17) is 4.74 Å². The largest absolute Gasteiger partial charge is 0.492 e. The number of halogens is 2. The number of ether oxygens (including phenoxy) is 1. The number of nitrogens with one attached hydrogen (secondary N) is 3. The zero-order valence-electron chi connectivity index (χ0n) is 18.3. The number of anilines is 2. The summed E-state index contributed by atoms with van der Waals surface area (Å²) in [6.07, 6.45) is 4.69. The monoisotopic (exact) mass is 453 g/mol. The van der Waals surface area contributed by atoms with Gasteiger partial charge < -0.3 is 25.3 Å². The molecule has 7 nitrogen and oxygen atoms in total. The zero-order valence-corrected chi connectivity index (χ0v) is 18.3. The van der Waals surface area contributed by atoms with E-state index in [2.05, 4.69) is 25.5 Å². The van der Waals surface area contributed by atoms with Crippen molar-refractivity contribution < 1.29 is 18.3 Å². The van der Waals surface area contributed by atoms with Crippen molar-refractivity contribution in [1.29, 1.82) is 0 Å². The molecule has 33 heavy (non-hydrogen) atoms.